The van der Waals surface area contributed by atoms with Gasteiger partial charge in [-0.05, 0) is 13.3 Å². The lowest BCUT2D eigenvalue weighted by molar-refractivity contribution is 0.0691. The van der Waals surface area contributed by atoms with Gasteiger partial charge in [-0.15, -0.1) is 11.3 Å². The number of carbonyl (C=O) groups is 1. The molecule has 0 aliphatic rings. The normalized spacial score (nSPS) is 12.4. The Bertz CT molecular complexity index is 327. The summed E-state index contributed by atoms with van der Waals surface area (Å²) in [6.45, 7) is 2.67. The predicted molar refractivity (Wildman–Crippen MR) is 58.7 cm³/mol. The topological polar surface area (TPSA) is 71.5 Å². The summed E-state index contributed by atoms with van der Waals surface area (Å²) in [7, 11) is 1.65. The summed E-state index contributed by atoms with van der Waals surface area (Å²) in [6.07, 6.45) is 0.860. The Kier molecular flexibility index (Phi) is 4.51. The van der Waals surface area contributed by atoms with Crippen molar-refractivity contribution >= 4 is 22.4 Å². The summed E-state index contributed by atoms with van der Waals surface area (Å²) in [5, 5.41) is 13.9. The van der Waals surface area contributed by atoms with Gasteiger partial charge in [-0.2, -0.15) is 0 Å². The number of rotatable bonds is 6. The molecule has 0 spiro atoms. The van der Waals surface area contributed by atoms with E-state index < -0.39 is 5.97 Å². The third kappa shape index (κ3) is 3.85. The smallest absolute Gasteiger partial charge is 0.355 e. The molecular weight excluding hydrogens is 216 g/mol. The zero-order chi connectivity index (χ0) is 11.3. The number of thiazole rings is 1. The molecular formula is C9H14N2O3S. The van der Waals surface area contributed by atoms with Crippen molar-refractivity contribution in [1.82, 2.24) is 4.98 Å². The van der Waals surface area contributed by atoms with Gasteiger partial charge in [-0.1, -0.05) is 0 Å². The van der Waals surface area contributed by atoms with E-state index in [4.69, 9.17) is 9.84 Å². The van der Waals surface area contributed by atoms with Crippen LogP contribution in [0.5, 0.6) is 0 Å². The minimum atomic E-state index is -0.996. The van der Waals surface area contributed by atoms with Crippen LogP contribution in [0.25, 0.3) is 0 Å². The standard InChI is InChI=1S/C9H14N2O3S/c1-6(3-4-14-2)10-9-11-7(5-15-9)8(12)13/h5-6H,3-4H2,1-2H3,(H,10,11)(H,12,13). The second-order valence-electron chi connectivity index (χ2n) is 3.17. The molecule has 0 saturated carbocycles. The number of aromatic nitrogens is 1. The van der Waals surface area contributed by atoms with E-state index in [1.807, 2.05) is 6.92 Å². The Balaban J connectivity index is 2.46. The molecule has 0 aliphatic heterocycles. The number of aromatic carboxylic acids is 1. The molecule has 1 atom stereocenters. The molecule has 1 rings (SSSR count). The first-order chi connectivity index (χ1) is 7.13. The molecule has 0 aromatic carbocycles. The largest absolute Gasteiger partial charge is 0.476 e. The average Bonchev–Trinajstić information content (AvgIpc) is 2.63. The van der Waals surface area contributed by atoms with E-state index in [1.54, 1.807) is 7.11 Å². The quantitative estimate of drug-likeness (QED) is 0.778. The first-order valence-corrected chi connectivity index (χ1v) is 5.45. The lowest BCUT2D eigenvalue weighted by Crippen LogP contribution is -2.17. The molecule has 1 aromatic heterocycles. The van der Waals surface area contributed by atoms with E-state index in [0.29, 0.717) is 11.7 Å². The van der Waals surface area contributed by atoms with Crippen molar-refractivity contribution in [3.63, 3.8) is 0 Å². The number of nitrogens with one attached hydrogen (secondary N) is 1. The molecule has 15 heavy (non-hydrogen) atoms. The summed E-state index contributed by atoms with van der Waals surface area (Å²) in [5.74, 6) is -0.996. The number of ether oxygens (including phenoxy) is 1. The van der Waals surface area contributed by atoms with Gasteiger partial charge in [0.05, 0.1) is 0 Å². The zero-order valence-corrected chi connectivity index (χ0v) is 9.50. The molecule has 5 nitrogen and oxygen atoms in total. The third-order valence-corrected chi connectivity index (χ3v) is 2.62. The molecule has 0 bridgehead atoms. The minimum absolute atomic E-state index is 0.0847. The molecule has 2 N–H and O–H groups in total. The average molecular weight is 230 g/mol. The summed E-state index contributed by atoms with van der Waals surface area (Å²) >= 11 is 1.30. The van der Waals surface area contributed by atoms with Crippen molar-refractivity contribution in [2.75, 3.05) is 19.0 Å². The summed E-state index contributed by atoms with van der Waals surface area (Å²) in [4.78, 5) is 14.5. The van der Waals surface area contributed by atoms with Crippen LogP contribution < -0.4 is 5.32 Å². The van der Waals surface area contributed by atoms with Crippen LogP contribution >= 0.6 is 11.3 Å². The number of carboxylic acids is 1. The SMILES string of the molecule is COCCC(C)Nc1nc(C(=O)O)cs1. The number of carboxylic acid groups (broad SMARTS) is 1. The Morgan fingerprint density at radius 3 is 3.07 bits per heavy atom. The van der Waals surface area contributed by atoms with Gasteiger partial charge in [0.2, 0.25) is 0 Å². The maximum Gasteiger partial charge on any atom is 0.355 e. The van der Waals surface area contributed by atoms with Crippen molar-refractivity contribution in [2.45, 2.75) is 19.4 Å². The maximum absolute atomic E-state index is 10.6. The van der Waals surface area contributed by atoms with Gasteiger partial charge in [0.15, 0.2) is 10.8 Å². The minimum Gasteiger partial charge on any atom is -0.476 e. The molecule has 0 amide bonds. The van der Waals surface area contributed by atoms with Gasteiger partial charge in [-0.3, -0.25) is 0 Å². The van der Waals surface area contributed by atoms with Gasteiger partial charge in [-0.25, -0.2) is 9.78 Å². The van der Waals surface area contributed by atoms with Crippen molar-refractivity contribution in [2.24, 2.45) is 0 Å². The highest BCUT2D eigenvalue weighted by Gasteiger charge is 2.10. The fourth-order valence-electron chi connectivity index (χ4n) is 1.02. The van der Waals surface area contributed by atoms with Crippen LogP contribution in [0.4, 0.5) is 5.13 Å². The van der Waals surface area contributed by atoms with E-state index in [9.17, 15) is 4.79 Å². The lowest BCUT2D eigenvalue weighted by Gasteiger charge is -2.11. The number of hydrogen-bond acceptors (Lipinski definition) is 5. The van der Waals surface area contributed by atoms with Crippen LogP contribution in [-0.2, 0) is 4.74 Å². The van der Waals surface area contributed by atoms with Gasteiger partial charge in [0.25, 0.3) is 0 Å². The first kappa shape index (κ1) is 11.9. The van der Waals surface area contributed by atoms with Crippen molar-refractivity contribution in [1.29, 1.82) is 0 Å². The third-order valence-electron chi connectivity index (χ3n) is 1.85. The number of nitrogens with zero attached hydrogens (tertiary/aromatic N) is 1. The molecule has 1 aromatic rings. The van der Waals surface area contributed by atoms with Gasteiger partial charge >= 0.3 is 5.97 Å². The molecule has 0 fully saturated rings. The maximum atomic E-state index is 10.6. The van der Waals surface area contributed by atoms with Gasteiger partial charge in [0.1, 0.15) is 0 Å². The summed E-state index contributed by atoms with van der Waals surface area (Å²) < 4.78 is 4.94. The second-order valence-corrected chi connectivity index (χ2v) is 4.03. The van der Waals surface area contributed by atoms with E-state index >= 15 is 0 Å². The fourth-order valence-corrected chi connectivity index (χ4v) is 1.81. The molecule has 0 radical (unpaired) electrons. The number of hydrogen-bond donors (Lipinski definition) is 2. The summed E-state index contributed by atoms with van der Waals surface area (Å²) in [6, 6.07) is 0.220. The van der Waals surface area contributed by atoms with E-state index in [0.717, 1.165) is 6.42 Å². The van der Waals surface area contributed by atoms with Gasteiger partial charge in [0, 0.05) is 25.1 Å². The second kappa shape index (κ2) is 5.67. The first-order valence-electron chi connectivity index (χ1n) is 4.57. The lowest BCUT2D eigenvalue weighted by atomic mass is 10.2. The Hall–Kier alpha value is -1.14. The van der Waals surface area contributed by atoms with Gasteiger partial charge < -0.3 is 15.2 Å². The van der Waals surface area contributed by atoms with E-state index in [-0.39, 0.29) is 11.7 Å². The summed E-state index contributed by atoms with van der Waals surface area (Å²) in [5.41, 5.74) is 0.0847. The highest BCUT2D eigenvalue weighted by atomic mass is 32.1. The predicted octanol–water partition coefficient (Wildman–Crippen LogP) is 1.68. The Morgan fingerprint density at radius 1 is 1.80 bits per heavy atom. The number of anilines is 1. The molecule has 1 heterocycles. The van der Waals surface area contributed by atoms with Crippen LogP contribution in [0.3, 0.4) is 0 Å². The van der Waals surface area contributed by atoms with Crippen molar-refractivity contribution < 1.29 is 14.6 Å². The van der Waals surface area contributed by atoms with Crippen LogP contribution in [-0.4, -0.2) is 35.8 Å². The highest BCUT2D eigenvalue weighted by Crippen LogP contribution is 2.16. The zero-order valence-electron chi connectivity index (χ0n) is 8.69. The molecule has 0 saturated heterocycles. The van der Waals surface area contributed by atoms with Crippen molar-refractivity contribution in [3.8, 4) is 0 Å². The molecule has 0 aliphatic carbocycles. The van der Waals surface area contributed by atoms with Crippen LogP contribution in [0.15, 0.2) is 5.38 Å². The molecule has 1 unspecified atom stereocenters. The van der Waals surface area contributed by atoms with E-state index in [1.165, 1.54) is 16.7 Å². The molecule has 6 heteroatoms. The molecule has 84 valence electrons. The highest BCUT2D eigenvalue weighted by molar-refractivity contribution is 7.13. The van der Waals surface area contributed by atoms with Crippen LogP contribution in [0.2, 0.25) is 0 Å². The van der Waals surface area contributed by atoms with Crippen molar-refractivity contribution in [3.05, 3.63) is 11.1 Å². The van der Waals surface area contributed by atoms with E-state index in [2.05, 4.69) is 10.3 Å². The van der Waals surface area contributed by atoms with Crippen LogP contribution in [0, 0.1) is 0 Å². The Morgan fingerprint density at radius 2 is 2.53 bits per heavy atom. The Labute approximate surface area is 92.1 Å². The van der Waals surface area contributed by atoms with Crippen LogP contribution in [0.1, 0.15) is 23.8 Å². The number of methoxy groups -OCH3 is 1. The monoisotopic (exact) mass is 230 g/mol. The fraction of sp³-hybridized carbons (Fsp3) is 0.556.